The van der Waals surface area contributed by atoms with Crippen molar-refractivity contribution in [3.63, 3.8) is 0 Å². The van der Waals surface area contributed by atoms with Gasteiger partial charge in [0, 0.05) is 31.6 Å². The van der Waals surface area contributed by atoms with Gasteiger partial charge in [-0.1, -0.05) is 6.92 Å². The van der Waals surface area contributed by atoms with Gasteiger partial charge >= 0.3 is 0 Å². The lowest BCUT2D eigenvalue weighted by Crippen LogP contribution is -2.43. The number of carbonyl (C=O) groups is 1. The smallest absolute Gasteiger partial charge is 0.266 e. The van der Waals surface area contributed by atoms with Crippen molar-refractivity contribution in [1.82, 2.24) is 20.0 Å². The molecule has 6 heteroatoms. The normalized spacial score (nSPS) is 24.4. The Labute approximate surface area is 136 Å². The molecule has 1 aliphatic heterocycles. The number of aromatic nitrogens is 2. The van der Waals surface area contributed by atoms with Gasteiger partial charge in [-0.05, 0) is 50.8 Å². The highest BCUT2D eigenvalue weighted by molar-refractivity contribution is 5.79. The van der Waals surface area contributed by atoms with Gasteiger partial charge in [-0.15, -0.1) is 0 Å². The average Bonchev–Trinajstić information content (AvgIpc) is 3.00. The zero-order valence-electron chi connectivity index (χ0n) is 14.0. The molecule has 1 fully saturated rings. The number of aryl methyl sites for hydroxylation is 2. The second-order valence-corrected chi connectivity index (χ2v) is 6.69. The molecule has 1 N–H and O–H groups in total. The summed E-state index contributed by atoms with van der Waals surface area (Å²) in [5, 5.41) is 7.43. The van der Waals surface area contributed by atoms with Gasteiger partial charge in [0.1, 0.15) is 0 Å². The number of fused-ring (bicyclic) bond motifs is 1. The first-order valence-electron chi connectivity index (χ1n) is 8.66. The molecule has 2 atom stereocenters. The zero-order valence-corrected chi connectivity index (χ0v) is 14.0. The van der Waals surface area contributed by atoms with Gasteiger partial charge in [0.25, 0.3) is 5.56 Å². The summed E-state index contributed by atoms with van der Waals surface area (Å²) in [5.41, 5.74) is 1.80. The Morgan fingerprint density at radius 2 is 2.26 bits per heavy atom. The maximum absolute atomic E-state index is 12.5. The minimum absolute atomic E-state index is 0.0344. The van der Waals surface area contributed by atoms with Crippen LogP contribution in [-0.2, 0) is 24.7 Å². The third-order valence-electron chi connectivity index (χ3n) is 5.24. The van der Waals surface area contributed by atoms with Crippen molar-refractivity contribution < 1.29 is 4.79 Å². The van der Waals surface area contributed by atoms with E-state index in [4.69, 9.17) is 0 Å². The first kappa shape index (κ1) is 16.2. The third kappa shape index (κ3) is 3.47. The maximum Gasteiger partial charge on any atom is 0.266 e. The SMILES string of the molecule is CCN1CCCC1CNC(=O)C1CCc2nn(C)c(=O)cc2C1. The van der Waals surface area contributed by atoms with E-state index in [0.717, 1.165) is 43.7 Å². The fourth-order valence-corrected chi connectivity index (χ4v) is 3.82. The number of nitrogens with one attached hydrogen (secondary N) is 1. The van der Waals surface area contributed by atoms with E-state index in [9.17, 15) is 9.59 Å². The van der Waals surface area contributed by atoms with Crippen LogP contribution < -0.4 is 10.9 Å². The quantitative estimate of drug-likeness (QED) is 0.877. The standard InChI is InChI=1S/C17H26N4O2/c1-3-21-8-4-5-14(21)11-18-17(23)12-6-7-15-13(9-12)10-16(22)20(2)19-15/h10,12,14H,3-9,11H2,1-2H3,(H,18,23). The Morgan fingerprint density at radius 3 is 3.04 bits per heavy atom. The van der Waals surface area contributed by atoms with Crippen LogP contribution in [0.4, 0.5) is 0 Å². The minimum Gasteiger partial charge on any atom is -0.354 e. The Morgan fingerprint density at radius 1 is 1.43 bits per heavy atom. The van der Waals surface area contributed by atoms with Crippen molar-refractivity contribution in [2.45, 2.75) is 45.1 Å². The molecular formula is C17H26N4O2. The summed E-state index contributed by atoms with van der Waals surface area (Å²) in [6, 6.07) is 2.12. The molecule has 0 bridgehead atoms. The minimum atomic E-state index is -0.102. The molecule has 3 rings (SSSR count). The third-order valence-corrected chi connectivity index (χ3v) is 5.24. The number of hydrogen-bond acceptors (Lipinski definition) is 4. The molecule has 1 saturated heterocycles. The van der Waals surface area contributed by atoms with Crippen LogP contribution in [0.1, 0.15) is 37.4 Å². The molecule has 1 aromatic heterocycles. The van der Waals surface area contributed by atoms with E-state index in [-0.39, 0.29) is 17.4 Å². The largest absolute Gasteiger partial charge is 0.354 e. The molecule has 6 nitrogen and oxygen atoms in total. The van der Waals surface area contributed by atoms with Gasteiger partial charge in [0.2, 0.25) is 5.91 Å². The van der Waals surface area contributed by atoms with Crippen molar-refractivity contribution in [1.29, 1.82) is 0 Å². The molecule has 0 saturated carbocycles. The van der Waals surface area contributed by atoms with E-state index < -0.39 is 0 Å². The molecule has 0 spiro atoms. The van der Waals surface area contributed by atoms with E-state index in [1.807, 2.05) is 0 Å². The number of likely N-dealkylation sites (N-methyl/N-ethyl adjacent to an activating group) is 1. The number of amides is 1. The summed E-state index contributed by atoms with van der Waals surface area (Å²) in [7, 11) is 1.67. The van der Waals surface area contributed by atoms with Gasteiger partial charge in [-0.2, -0.15) is 5.10 Å². The first-order valence-corrected chi connectivity index (χ1v) is 8.66. The van der Waals surface area contributed by atoms with Crippen LogP contribution >= 0.6 is 0 Å². The predicted molar refractivity (Wildman–Crippen MR) is 88.3 cm³/mol. The lowest BCUT2D eigenvalue weighted by atomic mass is 9.86. The fourth-order valence-electron chi connectivity index (χ4n) is 3.82. The topological polar surface area (TPSA) is 67.2 Å². The van der Waals surface area contributed by atoms with Crippen LogP contribution in [0.25, 0.3) is 0 Å². The Bertz CT molecular complexity index is 640. The summed E-state index contributed by atoms with van der Waals surface area (Å²) in [6.07, 6.45) is 4.60. The molecule has 2 heterocycles. The van der Waals surface area contributed by atoms with Crippen molar-refractivity contribution in [2.75, 3.05) is 19.6 Å². The monoisotopic (exact) mass is 318 g/mol. The first-order chi connectivity index (χ1) is 11.1. The number of carbonyl (C=O) groups excluding carboxylic acids is 1. The van der Waals surface area contributed by atoms with Gasteiger partial charge in [0.05, 0.1) is 5.69 Å². The highest BCUT2D eigenvalue weighted by Gasteiger charge is 2.28. The molecule has 23 heavy (non-hydrogen) atoms. The van der Waals surface area contributed by atoms with Gasteiger partial charge in [-0.3, -0.25) is 14.5 Å². The molecule has 2 aliphatic rings. The maximum atomic E-state index is 12.5. The average molecular weight is 318 g/mol. The van der Waals surface area contributed by atoms with Gasteiger partial charge in [0.15, 0.2) is 0 Å². The van der Waals surface area contributed by atoms with Crippen LogP contribution in [0.3, 0.4) is 0 Å². The lowest BCUT2D eigenvalue weighted by molar-refractivity contribution is -0.125. The van der Waals surface area contributed by atoms with Crippen molar-refractivity contribution >= 4 is 5.91 Å². The molecule has 1 amide bonds. The summed E-state index contributed by atoms with van der Waals surface area (Å²) in [6.45, 7) is 5.10. The summed E-state index contributed by atoms with van der Waals surface area (Å²) in [5.74, 6) is 0.0900. The fraction of sp³-hybridized carbons (Fsp3) is 0.706. The van der Waals surface area contributed by atoms with E-state index in [2.05, 4.69) is 22.2 Å². The molecule has 0 radical (unpaired) electrons. The van der Waals surface area contributed by atoms with E-state index in [1.165, 1.54) is 17.5 Å². The second kappa shape index (κ2) is 6.83. The number of likely N-dealkylation sites (tertiary alicyclic amines) is 1. The molecule has 0 aromatic carbocycles. The van der Waals surface area contributed by atoms with Gasteiger partial charge < -0.3 is 5.32 Å². The highest BCUT2D eigenvalue weighted by atomic mass is 16.2. The molecule has 1 aliphatic carbocycles. The highest BCUT2D eigenvalue weighted by Crippen LogP contribution is 2.23. The van der Waals surface area contributed by atoms with Crippen LogP contribution in [0.15, 0.2) is 10.9 Å². The lowest BCUT2D eigenvalue weighted by Gasteiger charge is -2.26. The number of rotatable bonds is 4. The van der Waals surface area contributed by atoms with Crippen LogP contribution in [0, 0.1) is 5.92 Å². The Balaban J connectivity index is 1.58. The number of hydrogen-bond donors (Lipinski definition) is 1. The molecule has 126 valence electrons. The van der Waals surface area contributed by atoms with Gasteiger partial charge in [-0.25, -0.2) is 4.68 Å². The molecular weight excluding hydrogens is 292 g/mol. The summed E-state index contributed by atoms with van der Waals surface area (Å²) >= 11 is 0. The molecule has 1 aromatic rings. The number of nitrogens with zero attached hydrogens (tertiary/aromatic N) is 3. The van der Waals surface area contributed by atoms with Crippen molar-refractivity contribution in [3.8, 4) is 0 Å². The Kier molecular flexibility index (Phi) is 4.80. The van der Waals surface area contributed by atoms with E-state index in [1.54, 1.807) is 13.1 Å². The van der Waals surface area contributed by atoms with Crippen LogP contribution in [0.5, 0.6) is 0 Å². The van der Waals surface area contributed by atoms with Crippen LogP contribution in [-0.4, -0.2) is 46.3 Å². The van der Waals surface area contributed by atoms with Crippen LogP contribution in [0.2, 0.25) is 0 Å². The molecule has 2 unspecified atom stereocenters. The predicted octanol–water partition coefficient (Wildman–Crippen LogP) is 0.486. The van der Waals surface area contributed by atoms with E-state index >= 15 is 0 Å². The van der Waals surface area contributed by atoms with Crippen molar-refractivity contribution in [3.05, 3.63) is 27.7 Å². The second-order valence-electron chi connectivity index (χ2n) is 6.69. The van der Waals surface area contributed by atoms with E-state index in [0.29, 0.717) is 12.5 Å². The van der Waals surface area contributed by atoms with Crippen molar-refractivity contribution in [2.24, 2.45) is 13.0 Å². The Hall–Kier alpha value is -1.69. The summed E-state index contributed by atoms with van der Waals surface area (Å²) in [4.78, 5) is 26.6. The zero-order chi connectivity index (χ0) is 16.4. The summed E-state index contributed by atoms with van der Waals surface area (Å²) < 4.78 is 1.37.